The molecule has 0 amide bonds. The lowest BCUT2D eigenvalue weighted by Gasteiger charge is -1.94. The van der Waals surface area contributed by atoms with Gasteiger partial charge in [-0.3, -0.25) is 0 Å². The monoisotopic (exact) mass is 181 g/mol. The maximum atomic E-state index is 8.34. The van der Waals surface area contributed by atoms with Crippen molar-refractivity contribution in [2.24, 2.45) is 0 Å². The Labute approximate surface area is 76.3 Å². The van der Waals surface area contributed by atoms with Gasteiger partial charge >= 0.3 is 0 Å². The lowest BCUT2D eigenvalue weighted by atomic mass is 10.4. The van der Waals surface area contributed by atoms with E-state index in [1.54, 1.807) is 0 Å². The minimum absolute atomic E-state index is 0.168. The van der Waals surface area contributed by atoms with E-state index in [9.17, 15) is 0 Å². The first-order valence-electron chi connectivity index (χ1n) is 4.13. The summed E-state index contributed by atoms with van der Waals surface area (Å²) in [6.07, 6.45) is 0.796. The van der Waals surface area contributed by atoms with Crippen molar-refractivity contribution in [2.75, 3.05) is 13.2 Å². The number of nitrogens with zero attached hydrogens (tertiary/aromatic N) is 3. The van der Waals surface area contributed by atoms with Crippen molar-refractivity contribution in [1.82, 2.24) is 10.1 Å². The van der Waals surface area contributed by atoms with Crippen LogP contribution < -0.4 is 0 Å². The Morgan fingerprint density at radius 3 is 3.15 bits per heavy atom. The minimum atomic E-state index is 0.168. The molecule has 0 saturated carbocycles. The summed E-state index contributed by atoms with van der Waals surface area (Å²) in [7, 11) is 0. The molecule has 0 aliphatic carbocycles. The van der Waals surface area contributed by atoms with Gasteiger partial charge in [0.2, 0.25) is 5.89 Å². The van der Waals surface area contributed by atoms with E-state index in [2.05, 4.69) is 10.1 Å². The molecule has 0 aliphatic heterocycles. The Hall–Kier alpha value is -1.41. The summed E-state index contributed by atoms with van der Waals surface area (Å²) in [6, 6.07) is 1.94. The van der Waals surface area contributed by atoms with Crippen LogP contribution in [0.2, 0.25) is 0 Å². The highest BCUT2D eigenvalue weighted by atomic mass is 16.5. The van der Waals surface area contributed by atoms with Crippen LogP contribution in [0.3, 0.4) is 0 Å². The van der Waals surface area contributed by atoms with Crippen LogP contribution in [0.1, 0.15) is 18.6 Å². The first-order chi connectivity index (χ1) is 6.36. The first kappa shape index (κ1) is 9.68. The van der Waals surface area contributed by atoms with Crippen molar-refractivity contribution in [2.45, 2.75) is 19.8 Å². The normalized spacial score (nSPS) is 9.85. The second kappa shape index (κ2) is 5.27. The predicted octanol–water partition coefficient (Wildman–Crippen LogP) is 0.715. The minimum Gasteiger partial charge on any atom is -0.381 e. The predicted molar refractivity (Wildman–Crippen MR) is 43.8 cm³/mol. The average molecular weight is 181 g/mol. The molecule has 0 aliphatic rings. The topological polar surface area (TPSA) is 71.9 Å². The molecule has 0 saturated heterocycles. The van der Waals surface area contributed by atoms with Crippen molar-refractivity contribution in [1.29, 1.82) is 5.26 Å². The number of ether oxygens (including phenoxy) is 1. The van der Waals surface area contributed by atoms with Crippen LogP contribution in [0.5, 0.6) is 0 Å². The third kappa shape index (κ3) is 3.22. The van der Waals surface area contributed by atoms with Gasteiger partial charge in [0.25, 0.3) is 0 Å². The molecular formula is C8H11N3O2. The van der Waals surface area contributed by atoms with Gasteiger partial charge in [-0.25, -0.2) is 0 Å². The third-order valence-electron chi connectivity index (χ3n) is 1.41. The summed E-state index contributed by atoms with van der Waals surface area (Å²) in [5, 5.41) is 12.0. The number of rotatable bonds is 5. The van der Waals surface area contributed by atoms with Crippen LogP contribution in [0.15, 0.2) is 4.52 Å². The molecule has 70 valence electrons. The quantitative estimate of drug-likeness (QED) is 0.625. The molecular weight excluding hydrogens is 170 g/mol. The van der Waals surface area contributed by atoms with Crippen LogP contribution in [0.25, 0.3) is 0 Å². The molecule has 0 unspecified atom stereocenters. The molecule has 0 fully saturated rings. The van der Waals surface area contributed by atoms with Gasteiger partial charge in [0.1, 0.15) is 6.42 Å². The number of hydrogen-bond acceptors (Lipinski definition) is 5. The lowest BCUT2D eigenvalue weighted by molar-refractivity contribution is 0.149. The van der Waals surface area contributed by atoms with E-state index in [1.165, 1.54) is 0 Å². The number of aromatic nitrogens is 2. The largest absolute Gasteiger partial charge is 0.381 e. The zero-order valence-electron chi connectivity index (χ0n) is 7.49. The van der Waals surface area contributed by atoms with Crippen LogP contribution >= 0.6 is 0 Å². The Balaban J connectivity index is 2.36. The molecule has 1 aromatic heterocycles. The second-order valence-electron chi connectivity index (χ2n) is 2.39. The van der Waals surface area contributed by atoms with Crippen LogP contribution in [0.4, 0.5) is 0 Å². The van der Waals surface area contributed by atoms with Crippen molar-refractivity contribution in [3.05, 3.63) is 11.7 Å². The van der Waals surface area contributed by atoms with E-state index in [0.29, 0.717) is 31.3 Å². The van der Waals surface area contributed by atoms with Gasteiger partial charge < -0.3 is 9.26 Å². The lowest BCUT2D eigenvalue weighted by Crippen LogP contribution is -1.99. The van der Waals surface area contributed by atoms with Gasteiger partial charge in [-0.1, -0.05) is 5.16 Å². The van der Waals surface area contributed by atoms with Gasteiger partial charge in [0, 0.05) is 13.0 Å². The summed E-state index contributed by atoms with van der Waals surface area (Å²) in [6.45, 7) is 3.20. The molecule has 0 spiro atoms. The van der Waals surface area contributed by atoms with E-state index in [4.69, 9.17) is 14.5 Å². The summed E-state index contributed by atoms with van der Waals surface area (Å²) < 4.78 is 9.92. The van der Waals surface area contributed by atoms with E-state index in [-0.39, 0.29) is 6.42 Å². The highest BCUT2D eigenvalue weighted by Gasteiger charge is 2.04. The molecule has 13 heavy (non-hydrogen) atoms. The Morgan fingerprint density at radius 1 is 1.62 bits per heavy atom. The van der Waals surface area contributed by atoms with Crippen molar-refractivity contribution >= 4 is 0 Å². The Kier molecular flexibility index (Phi) is 3.93. The molecule has 0 aromatic carbocycles. The zero-order chi connectivity index (χ0) is 9.52. The third-order valence-corrected chi connectivity index (χ3v) is 1.41. The van der Waals surface area contributed by atoms with Gasteiger partial charge in [-0.2, -0.15) is 10.2 Å². The average Bonchev–Trinajstić information content (AvgIpc) is 2.54. The van der Waals surface area contributed by atoms with Gasteiger partial charge in [-0.05, 0) is 6.92 Å². The van der Waals surface area contributed by atoms with Gasteiger partial charge in [0.05, 0.1) is 12.7 Å². The van der Waals surface area contributed by atoms with Crippen molar-refractivity contribution < 1.29 is 9.26 Å². The van der Waals surface area contributed by atoms with E-state index >= 15 is 0 Å². The molecule has 1 rings (SSSR count). The molecule has 0 N–H and O–H groups in total. The van der Waals surface area contributed by atoms with E-state index in [0.717, 1.165) is 0 Å². The maximum Gasteiger partial charge on any atom is 0.240 e. The van der Waals surface area contributed by atoms with E-state index < -0.39 is 0 Å². The summed E-state index contributed by atoms with van der Waals surface area (Å²) >= 11 is 0. The zero-order valence-corrected chi connectivity index (χ0v) is 7.49. The van der Waals surface area contributed by atoms with Crippen molar-refractivity contribution in [3.63, 3.8) is 0 Å². The van der Waals surface area contributed by atoms with Crippen LogP contribution in [0, 0.1) is 11.3 Å². The second-order valence-corrected chi connectivity index (χ2v) is 2.39. The van der Waals surface area contributed by atoms with Crippen LogP contribution in [-0.4, -0.2) is 23.4 Å². The number of hydrogen-bond donors (Lipinski definition) is 0. The molecule has 0 radical (unpaired) electrons. The van der Waals surface area contributed by atoms with Crippen molar-refractivity contribution in [3.8, 4) is 6.07 Å². The fraction of sp³-hybridized carbons (Fsp3) is 0.625. The number of nitriles is 1. The molecule has 1 heterocycles. The van der Waals surface area contributed by atoms with E-state index in [1.807, 2.05) is 13.0 Å². The summed E-state index contributed by atoms with van der Waals surface area (Å²) in [5.74, 6) is 0.965. The smallest absolute Gasteiger partial charge is 0.240 e. The fourth-order valence-corrected chi connectivity index (χ4v) is 0.839. The van der Waals surface area contributed by atoms with Gasteiger partial charge in [-0.15, -0.1) is 0 Å². The van der Waals surface area contributed by atoms with Crippen LogP contribution in [-0.2, 0) is 17.6 Å². The molecule has 0 bridgehead atoms. The Bertz CT molecular complexity index is 290. The highest BCUT2D eigenvalue weighted by Crippen LogP contribution is 1.98. The summed E-state index contributed by atoms with van der Waals surface area (Å²) in [4.78, 5) is 3.99. The maximum absolute atomic E-state index is 8.34. The molecule has 1 aromatic rings. The fourth-order valence-electron chi connectivity index (χ4n) is 0.839. The molecule has 5 nitrogen and oxygen atoms in total. The Morgan fingerprint density at radius 2 is 2.46 bits per heavy atom. The first-order valence-corrected chi connectivity index (χ1v) is 4.13. The van der Waals surface area contributed by atoms with Gasteiger partial charge in [0.15, 0.2) is 5.82 Å². The summed E-state index contributed by atoms with van der Waals surface area (Å²) in [5.41, 5.74) is 0. The SMILES string of the molecule is CCOCCc1noc(CC#N)n1. The molecule has 0 atom stereocenters. The molecule has 5 heteroatoms. The highest BCUT2D eigenvalue weighted by molar-refractivity contribution is 4.93. The standard InChI is InChI=1S/C8H11N3O2/c1-2-12-6-4-7-10-8(3-5-9)13-11-7/h2-4,6H2,1H3.